The number of imidazole rings is 1. The number of amides is 1. The number of nitrogens with one attached hydrogen (secondary N) is 1. The standard InChI is InChI=1S/C23H24N6O2/c1-4-16-5-7-17(8-6-16)12-25-22(30)19-13-29(14-26-19)20-11-18(9-10-24-20)23-27-21(15(2)3)28-31-23/h5-11,13-15H,4,12H2,1-3H3,(H,25,30). The van der Waals surface area contributed by atoms with E-state index in [1.165, 1.54) is 5.56 Å². The molecule has 3 aromatic heterocycles. The summed E-state index contributed by atoms with van der Waals surface area (Å²) in [4.78, 5) is 25.5. The highest BCUT2D eigenvalue weighted by molar-refractivity contribution is 5.92. The summed E-state index contributed by atoms with van der Waals surface area (Å²) in [6.07, 6.45) is 5.85. The number of hydrogen-bond donors (Lipinski definition) is 1. The minimum absolute atomic E-state index is 0.179. The van der Waals surface area contributed by atoms with Gasteiger partial charge in [0.1, 0.15) is 17.8 Å². The fourth-order valence-corrected chi connectivity index (χ4v) is 3.01. The molecule has 0 radical (unpaired) electrons. The molecule has 4 aromatic rings. The first-order valence-electron chi connectivity index (χ1n) is 10.2. The Labute approximate surface area is 180 Å². The molecular weight excluding hydrogens is 392 g/mol. The Bertz CT molecular complexity index is 1180. The highest BCUT2D eigenvalue weighted by Gasteiger charge is 2.14. The van der Waals surface area contributed by atoms with E-state index in [2.05, 4.69) is 44.5 Å². The van der Waals surface area contributed by atoms with Crippen LogP contribution >= 0.6 is 0 Å². The maximum Gasteiger partial charge on any atom is 0.271 e. The van der Waals surface area contributed by atoms with Gasteiger partial charge in [-0.15, -0.1) is 0 Å². The average molecular weight is 416 g/mol. The minimum Gasteiger partial charge on any atom is -0.347 e. The van der Waals surface area contributed by atoms with Gasteiger partial charge in [-0.3, -0.25) is 9.36 Å². The SMILES string of the molecule is CCc1ccc(CNC(=O)c2cn(-c3cc(-c4nc(C(C)C)no4)ccn3)cn2)cc1. The van der Waals surface area contributed by atoms with E-state index in [1.807, 2.05) is 32.0 Å². The van der Waals surface area contributed by atoms with E-state index >= 15 is 0 Å². The number of hydrogen-bond acceptors (Lipinski definition) is 6. The largest absolute Gasteiger partial charge is 0.347 e. The Morgan fingerprint density at radius 2 is 1.90 bits per heavy atom. The van der Waals surface area contributed by atoms with Crippen molar-refractivity contribution in [2.45, 2.75) is 39.7 Å². The first-order valence-corrected chi connectivity index (χ1v) is 10.2. The second-order valence-electron chi connectivity index (χ2n) is 7.53. The van der Waals surface area contributed by atoms with Crippen molar-refractivity contribution >= 4 is 5.91 Å². The molecule has 0 bridgehead atoms. The van der Waals surface area contributed by atoms with Crippen molar-refractivity contribution in [1.29, 1.82) is 0 Å². The first kappa shape index (κ1) is 20.5. The predicted molar refractivity (Wildman–Crippen MR) is 116 cm³/mol. The topological polar surface area (TPSA) is 98.7 Å². The highest BCUT2D eigenvalue weighted by atomic mass is 16.5. The van der Waals surface area contributed by atoms with Crippen LogP contribution in [0.5, 0.6) is 0 Å². The monoisotopic (exact) mass is 416 g/mol. The fourth-order valence-electron chi connectivity index (χ4n) is 3.01. The van der Waals surface area contributed by atoms with Crippen molar-refractivity contribution in [3.8, 4) is 17.3 Å². The number of pyridine rings is 1. The molecule has 0 aliphatic heterocycles. The molecule has 158 valence electrons. The van der Waals surface area contributed by atoms with E-state index < -0.39 is 0 Å². The van der Waals surface area contributed by atoms with E-state index in [-0.39, 0.29) is 11.8 Å². The molecule has 0 unspecified atom stereocenters. The zero-order valence-electron chi connectivity index (χ0n) is 17.7. The van der Waals surface area contributed by atoms with Crippen molar-refractivity contribution in [3.63, 3.8) is 0 Å². The lowest BCUT2D eigenvalue weighted by Crippen LogP contribution is -2.23. The van der Waals surface area contributed by atoms with Crippen LogP contribution < -0.4 is 5.32 Å². The van der Waals surface area contributed by atoms with Crippen LogP contribution in [0.25, 0.3) is 17.3 Å². The van der Waals surface area contributed by atoms with Crippen molar-refractivity contribution in [1.82, 2.24) is 30.0 Å². The molecule has 0 spiro atoms. The third-order valence-corrected chi connectivity index (χ3v) is 4.91. The smallest absolute Gasteiger partial charge is 0.271 e. The number of nitrogens with zero attached hydrogens (tertiary/aromatic N) is 5. The van der Waals surface area contributed by atoms with E-state index in [9.17, 15) is 4.79 Å². The lowest BCUT2D eigenvalue weighted by molar-refractivity contribution is 0.0946. The number of rotatable bonds is 7. The molecular formula is C23H24N6O2. The molecule has 0 aliphatic rings. The van der Waals surface area contributed by atoms with Crippen LogP contribution in [-0.4, -0.2) is 30.6 Å². The molecule has 0 aliphatic carbocycles. The van der Waals surface area contributed by atoms with Gasteiger partial charge >= 0.3 is 0 Å². The highest BCUT2D eigenvalue weighted by Crippen LogP contribution is 2.21. The van der Waals surface area contributed by atoms with Crippen LogP contribution in [-0.2, 0) is 13.0 Å². The molecule has 0 atom stereocenters. The van der Waals surface area contributed by atoms with Crippen LogP contribution in [0.3, 0.4) is 0 Å². The molecule has 3 heterocycles. The van der Waals surface area contributed by atoms with Gasteiger partial charge in [-0.2, -0.15) is 4.98 Å². The quantitative estimate of drug-likeness (QED) is 0.490. The van der Waals surface area contributed by atoms with Crippen LogP contribution in [0.1, 0.15) is 54.1 Å². The molecule has 1 amide bonds. The third kappa shape index (κ3) is 4.69. The number of carbonyl (C=O) groups is 1. The van der Waals surface area contributed by atoms with Gasteiger partial charge in [-0.25, -0.2) is 9.97 Å². The Morgan fingerprint density at radius 3 is 2.61 bits per heavy atom. The van der Waals surface area contributed by atoms with E-state index in [4.69, 9.17) is 4.52 Å². The van der Waals surface area contributed by atoms with Gasteiger partial charge in [-0.05, 0) is 29.7 Å². The van der Waals surface area contributed by atoms with Gasteiger partial charge in [0.25, 0.3) is 11.8 Å². The number of aromatic nitrogens is 5. The molecule has 4 rings (SSSR count). The normalized spacial score (nSPS) is 11.1. The van der Waals surface area contributed by atoms with Gasteiger partial charge in [0.15, 0.2) is 5.82 Å². The summed E-state index contributed by atoms with van der Waals surface area (Å²) >= 11 is 0. The lowest BCUT2D eigenvalue weighted by Gasteiger charge is -2.05. The van der Waals surface area contributed by atoms with Crippen LogP contribution in [0.4, 0.5) is 0 Å². The summed E-state index contributed by atoms with van der Waals surface area (Å²) in [6, 6.07) is 11.8. The Kier molecular flexibility index (Phi) is 5.88. The number of benzene rings is 1. The summed E-state index contributed by atoms with van der Waals surface area (Å²) in [6.45, 7) is 6.57. The van der Waals surface area contributed by atoms with Crippen LogP contribution in [0, 0.1) is 0 Å². The molecule has 8 heteroatoms. The third-order valence-electron chi connectivity index (χ3n) is 4.91. The molecule has 8 nitrogen and oxygen atoms in total. The van der Waals surface area contributed by atoms with Gasteiger partial charge in [0, 0.05) is 30.4 Å². The van der Waals surface area contributed by atoms with E-state index in [1.54, 1.807) is 29.4 Å². The maximum atomic E-state index is 12.5. The van der Waals surface area contributed by atoms with Crippen molar-refractivity contribution in [2.75, 3.05) is 0 Å². The molecule has 0 saturated heterocycles. The number of carbonyl (C=O) groups excluding carboxylic acids is 1. The molecule has 31 heavy (non-hydrogen) atoms. The first-order chi connectivity index (χ1) is 15.0. The summed E-state index contributed by atoms with van der Waals surface area (Å²) in [5.41, 5.74) is 3.38. The fraction of sp³-hybridized carbons (Fsp3) is 0.261. The summed E-state index contributed by atoms with van der Waals surface area (Å²) in [7, 11) is 0. The number of aryl methyl sites for hydroxylation is 1. The Hall–Kier alpha value is -3.81. The maximum absolute atomic E-state index is 12.5. The van der Waals surface area contributed by atoms with Crippen molar-refractivity contribution in [2.24, 2.45) is 0 Å². The molecule has 1 N–H and O–H groups in total. The zero-order valence-corrected chi connectivity index (χ0v) is 17.7. The zero-order chi connectivity index (χ0) is 21.8. The second-order valence-corrected chi connectivity index (χ2v) is 7.53. The predicted octanol–water partition coefficient (Wildman–Crippen LogP) is 3.93. The van der Waals surface area contributed by atoms with Crippen LogP contribution in [0.15, 0.2) is 59.6 Å². The molecule has 0 saturated carbocycles. The van der Waals surface area contributed by atoms with Gasteiger partial charge in [0.2, 0.25) is 0 Å². The lowest BCUT2D eigenvalue weighted by atomic mass is 10.1. The second kappa shape index (κ2) is 8.91. The Balaban J connectivity index is 1.45. The molecule has 1 aromatic carbocycles. The Morgan fingerprint density at radius 1 is 1.13 bits per heavy atom. The van der Waals surface area contributed by atoms with Gasteiger partial charge in [0.05, 0.1) is 0 Å². The summed E-state index contributed by atoms with van der Waals surface area (Å²) < 4.78 is 7.05. The van der Waals surface area contributed by atoms with E-state index in [0.717, 1.165) is 17.5 Å². The van der Waals surface area contributed by atoms with E-state index in [0.29, 0.717) is 29.8 Å². The minimum atomic E-state index is -0.243. The summed E-state index contributed by atoms with van der Waals surface area (Å²) in [5.74, 6) is 1.62. The average Bonchev–Trinajstić information content (AvgIpc) is 3.48. The van der Waals surface area contributed by atoms with Gasteiger partial charge < -0.3 is 9.84 Å². The van der Waals surface area contributed by atoms with Crippen LogP contribution in [0.2, 0.25) is 0 Å². The van der Waals surface area contributed by atoms with Crippen molar-refractivity contribution < 1.29 is 9.32 Å². The van der Waals surface area contributed by atoms with Gasteiger partial charge in [-0.1, -0.05) is 50.2 Å². The summed E-state index contributed by atoms with van der Waals surface area (Å²) in [5, 5.41) is 6.90. The van der Waals surface area contributed by atoms with Crippen molar-refractivity contribution in [3.05, 3.63) is 77.8 Å². The molecule has 0 fully saturated rings.